The number of hydrogen-bond donors (Lipinski definition) is 1. The quantitative estimate of drug-likeness (QED) is 0.785. The second-order valence-electron chi connectivity index (χ2n) is 5.42. The number of benzene rings is 1. The van der Waals surface area contributed by atoms with E-state index in [4.69, 9.17) is 0 Å². The first-order chi connectivity index (χ1) is 11.1. The zero-order valence-corrected chi connectivity index (χ0v) is 13.1. The average Bonchev–Trinajstić information content (AvgIpc) is 3.19. The van der Waals surface area contributed by atoms with Gasteiger partial charge in [-0.05, 0) is 31.0 Å². The Morgan fingerprint density at radius 1 is 1.35 bits per heavy atom. The molecule has 2 aromatic heterocycles. The van der Waals surface area contributed by atoms with Crippen molar-refractivity contribution in [3.63, 3.8) is 0 Å². The van der Waals surface area contributed by atoms with Crippen LogP contribution in [0.25, 0.3) is 4.96 Å². The van der Waals surface area contributed by atoms with Gasteiger partial charge < -0.3 is 10.0 Å². The van der Waals surface area contributed by atoms with Gasteiger partial charge in [-0.15, -0.1) is 11.3 Å². The number of carbonyl (C=O) groups is 2. The number of rotatable bonds is 2. The molecule has 6 nitrogen and oxygen atoms in total. The highest BCUT2D eigenvalue weighted by atomic mass is 32.1. The summed E-state index contributed by atoms with van der Waals surface area (Å²) in [6.45, 7) is 2.30. The van der Waals surface area contributed by atoms with E-state index >= 15 is 0 Å². The summed E-state index contributed by atoms with van der Waals surface area (Å²) in [4.78, 5) is 31.2. The number of anilines is 1. The van der Waals surface area contributed by atoms with Gasteiger partial charge in [0.15, 0.2) is 4.96 Å². The van der Waals surface area contributed by atoms with Crippen LogP contribution < -0.4 is 4.90 Å². The van der Waals surface area contributed by atoms with Crippen molar-refractivity contribution in [1.29, 1.82) is 0 Å². The van der Waals surface area contributed by atoms with Gasteiger partial charge in [0.25, 0.3) is 5.91 Å². The lowest BCUT2D eigenvalue weighted by Gasteiger charge is -2.17. The lowest BCUT2D eigenvalue weighted by Crippen LogP contribution is -2.30. The minimum absolute atomic E-state index is 0.144. The summed E-state index contributed by atoms with van der Waals surface area (Å²) in [5, 5.41) is 11.2. The van der Waals surface area contributed by atoms with Crippen molar-refractivity contribution >= 4 is 33.9 Å². The number of nitrogens with zero attached hydrogens (tertiary/aromatic N) is 3. The maximum atomic E-state index is 13.0. The summed E-state index contributed by atoms with van der Waals surface area (Å²) in [5.41, 5.74) is 2.89. The molecule has 116 valence electrons. The fourth-order valence-electron chi connectivity index (χ4n) is 3.13. The lowest BCUT2D eigenvalue weighted by molar-refractivity contribution is 0.0695. The van der Waals surface area contributed by atoms with Crippen molar-refractivity contribution in [3.05, 3.63) is 52.3 Å². The first-order valence-corrected chi connectivity index (χ1v) is 8.05. The van der Waals surface area contributed by atoms with Crippen molar-refractivity contribution in [3.8, 4) is 0 Å². The number of carbonyl (C=O) groups excluding carboxylic acids is 1. The van der Waals surface area contributed by atoms with Crippen molar-refractivity contribution < 1.29 is 14.7 Å². The maximum Gasteiger partial charge on any atom is 0.336 e. The molecule has 1 amide bonds. The molecule has 1 aliphatic rings. The predicted octanol–water partition coefficient (Wildman–Crippen LogP) is 2.61. The molecule has 0 saturated heterocycles. The first-order valence-electron chi connectivity index (χ1n) is 7.17. The number of carboxylic acid groups (broad SMARTS) is 1. The van der Waals surface area contributed by atoms with Crippen molar-refractivity contribution in [2.45, 2.75) is 13.3 Å². The molecule has 23 heavy (non-hydrogen) atoms. The minimum Gasteiger partial charge on any atom is -0.478 e. The second-order valence-corrected chi connectivity index (χ2v) is 6.29. The monoisotopic (exact) mass is 327 g/mol. The highest BCUT2D eigenvalue weighted by Gasteiger charge is 2.31. The maximum absolute atomic E-state index is 13.0. The number of imidazole rings is 1. The molecule has 3 aromatic rings. The zero-order chi connectivity index (χ0) is 16.1. The van der Waals surface area contributed by atoms with E-state index in [9.17, 15) is 14.7 Å². The van der Waals surface area contributed by atoms with Gasteiger partial charge in [0, 0.05) is 23.8 Å². The van der Waals surface area contributed by atoms with Gasteiger partial charge in [0.1, 0.15) is 5.69 Å². The Morgan fingerprint density at radius 3 is 2.96 bits per heavy atom. The summed E-state index contributed by atoms with van der Waals surface area (Å²) in [6.07, 6.45) is 2.38. The summed E-state index contributed by atoms with van der Waals surface area (Å²) in [7, 11) is 0. The molecule has 0 spiro atoms. The molecule has 4 rings (SSSR count). The molecule has 0 bridgehead atoms. The molecule has 0 atom stereocenters. The van der Waals surface area contributed by atoms with Crippen LogP contribution in [0, 0.1) is 6.92 Å². The molecule has 0 aliphatic carbocycles. The van der Waals surface area contributed by atoms with Crippen LogP contribution in [0.15, 0.2) is 29.8 Å². The summed E-state index contributed by atoms with van der Waals surface area (Å²) >= 11 is 1.48. The van der Waals surface area contributed by atoms with Gasteiger partial charge in [-0.3, -0.25) is 9.20 Å². The molecule has 0 radical (unpaired) electrons. The van der Waals surface area contributed by atoms with Crippen LogP contribution in [-0.2, 0) is 6.42 Å². The molecule has 3 heterocycles. The molecular weight excluding hydrogens is 314 g/mol. The Hall–Kier alpha value is -2.67. The smallest absolute Gasteiger partial charge is 0.336 e. The Morgan fingerprint density at radius 2 is 2.17 bits per heavy atom. The fourth-order valence-corrected chi connectivity index (χ4v) is 3.88. The van der Waals surface area contributed by atoms with E-state index in [1.807, 2.05) is 18.5 Å². The van der Waals surface area contributed by atoms with Crippen LogP contribution in [0.4, 0.5) is 5.69 Å². The topological polar surface area (TPSA) is 74.9 Å². The van der Waals surface area contributed by atoms with E-state index < -0.39 is 5.97 Å². The average molecular weight is 327 g/mol. The molecule has 1 aliphatic heterocycles. The van der Waals surface area contributed by atoms with E-state index in [2.05, 4.69) is 4.98 Å². The molecule has 0 saturated carbocycles. The Bertz CT molecular complexity index is 957. The third-order valence-electron chi connectivity index (χ3n) is 4.14. The van der Waals surface area contributed by atoms with E-state index in [0.29, 0.717) is 30.0 Å². The van der Waals surface area contributed by atoms with Gasteiger partial charge in [0.2, 0.25) is 0 Å². The van der Waals surface area contributed by atoms with Crippen LogP contribution in [0.1, 0.15) is 32.1 Å². The molecule has 7 heteroatoms. The van der Waals surface area contributed by atoms with Crippen LogP contribution >= 0.6 is 11.3 Å². The van der Waals surface area contributed by atoms with Crippen LogP contribution in [-0.4, -0.2) is 32.9 Å². The van der Waals surface area contributed by atoms with Gasteiger partial charge in [0.05, 0.1) is 11.3 Å². The third kappa shape index (κ3) is 1.97. The Kier molecular flexibility index (Phi) is 2.99. The van der Waals surface area contributed by atoms with Gasteiger partial charge >= 0.3 is 5.97 Å². The highest BCUT2D eigenvalue weighted by molar-refractivity contribution is 7.15. The van der Waals surface area contributed by atoms with Gasteiger partial charge in [-0.25, -0.2) is 9.78 Å². The molecule has 1 N–H and O–H groups in total. The van der Waals surface area contributed by atoms with Crippen molar-refractivity contribution in [2.24, 2.45) is 0 Å². The summed E-state index contributed by atoms with van der Waals surface area (Å²) in [6, 6.07) is 5.06. The first kappa shape index (κ1) is 14.0. The standard InChI is InChI=1S/C16H13N3O3S/c1-9-13(19-7-8-23-16(19)17-9)14(20)18-6-5-10-11(15(21)22)3-2-4-12(10)18/h2-4,7-8H,5-6H2,1H3,(H,21,22). The number of amides is 1. The molecule has 0 fully saturated rings. The van der Waals surface area contributed by atoms with E-state index in [1.165, 1.54) is 11.3 Å². The lowest BCUT2D eigenvalue weighted by atomic mass is 10.1. The van der Waals surface area contributed by atoms with Crippen LogP contribution in [0.5, 0.6) is 0 Å². The number of aromatic carboxylic acids is 1. The summed E-state index contributed by atoms with van der Waals surface area (Å²) in [5.74, 6) is -1.11. The van der Waals surface area contributed by atoms with Gasteiger partial charge in [-0.2, -0.15) is 0 Å². The minimum atomic E-state index is -0.961. The van der Waals surface area contributed by atoms with Crippen molar-refractivity contribution in [1.82, 2.24) is 9.38 Å². The number of aryl methyl sites for hydroxylation is 1. The fraction of sp³-hybridized carbons (Fsp3) is 0.188. The van der Waals surface area contributed by atoms with Crippen LogP contribution in [0.2, 0.25) is 0 Å². The Balaban J connectivity index is 1.81. The van der Waals surface area contributed by atoms with Gasteiger partial charge in [-0.1, -0.05) is 6.07 Å². The number of aromatic nitrogens is 2. The molecular formula is C16H13N3O3S. The van der Waals surface area contributed by atoms with E-state index in [-0.39, 0.29) is 11.5 Å². The number of hydrogen-bond acceptors (Lipinski definition) is 4. The number of carboxylic acids is 1. The molecule has 1 aromatic carbocycles. The largest absolute Gasteiger partial charge is 0.478 e. The van der Waals surface area contributed by atoms with Crippen LogP contribution in [0.3, 0.4) is 0 Å². The highest BCUT2D eigenvalue weighted by Crippen LogP contribution is 2.32. The number of thiazole rings is 1. The van der Waals surface area contributed by atoms with E-state index in [1.54, 1.807) is 27.5 Å². The van der Waals surface area contributed by atoms with E-state index in [0.717, 1.165) is 10.5 Å². The Labute approximate surface area is 135 Å². The SMILES string of the molecule is Cc1nc2sccn2c1C(=O)N1CCc2c(C(=O)O)cccc21. The summed E-state index contributed by atoms with van der Waals surface area (Å²) < 4.78 is 1.79. The third-order valence-corrected chi connectivity index (χ3v) is 4.90. The zero-order valence-electron chi connectivity index (χ0n) is 12.3. The molecule has 0 unspecified atom stereocenters. The normalized spacial score (nSPS) is 13.5. The number of fused-ring (bicyclic) bond motifs is 2. The second kappa shape index (κ2) is 4.92. The van der Waals surface area contributed by atoms with Crippen molar-refractivity contribution in [2.75, 3.05) is 11.4 Å². The predicted molar refractivity (Wildman–Crippen MR) is 86.6 cm³/mol.